The Morgan fingerprint density at radius 3 is 2.42 bits per heavy atom. The molecular formula is C16H29N3. The van der Waals surface area contributed by atoms with Crippen LogP contribution >= 0.6 is 0 Å². The molecule has 1 heterocycles. The Morgan fingerprint density at radius 1 is 1.32 bits per heavy atom. The molecule has 1 aromatic rings. The Bertz CT molecular complexity index is 406. The van der Waals surface area contributed by atoms with Crippen LogP contribution in [0.25, 0.3) is 0 Å². The van der Waals surface area contributed by atoms with Gasteiger partial charge in [0.05, 0.1) is 12.2 Å². The molecule has 0 amide bonds. The molecule has 1 aliphatic carbocycles. The van der Waals surface area contributed by atoms with Crippen LogP contribution in [0.3, 0.4) is 0 Å². The minimum atomic E-state index is 0.165. The maximum atomic E-state index is 4.70. The molecule has 3 heteroatoms. The molecule has 0 spiro atoms. The number of hydrogen-bond acceptors (Lipinski definition) is 2. The van der Waals surface area contributed by atoms with Crippen LogP contribution in [0.15, 0.2) is 6.20 Å². The first-order valence-corrected chi connectivity index (χ1v) is 7.77. The average molecular weight is 263 g/mol. The highest BCUT2D eigenvalue weighted by molar-refractivity contribution is 5.26. The Balaban J connectivity index is 2.19. The van der Waals surface area contributed by atoms with Crippen molar-refractivity contribution in [3.05, 3.63) is 17.5 Å². The van der Waals surface area contributed by atoms with Gasteiger partial charge in [0.2, 0.25) is 0 Å². The lowest BCUT2D eigenvalue weighted by molar-refractivity contribution is 0.408. The molecule has 1 fully saturated rings. The predicted octanol–water partition coefficient (Wildman–Crippen LogP) is 4.01. The van der Waals surface area contributed by atoms with Crippen molar-refractivity contribution in [1.29, 1.82) is 0 Å². The van der Waals surface area contributed by atoms with E-state index in [0.29, 0.717) is 6.04 Å². The van der Waals surface area contributed by atoms with Crippen LogP contribution in [-0.4, -0.2) is 15.3 Å². The Labute approximate surface area is 117 Å². The van der Waals surface area contributed by atoms with Crippen LogP contribution in [-0.2, 0) is 6.54 Å². The molecule has 0 radical (unpaired) electrons. The summed E-state index contributed by atoms with van der Waals surface area (Å²) in [6, 6.07) is 0.569. The minimum absolute atomic E-state index is 0.165. The van der Waals surface area contributed by atoms with Crippen molar-refractivity contribution in [3.8, 4) is 0 Å². The molecule has 1 aromatic heterocycles. The first-order chi connectivity index (χ1) is 8.96. The lowest BCUT2D eigenvalue weighted by atomic mass is 10.1. The van der Waals surface area contributed by atoms with Gasteiger partial charge in [0.15, 0.2) is 0 Å². The van der Waals surface area contributed by atoms with Gasteiger partial charge in [-0.3, -0.25) is 4.68 Å². The van der Waals surface area contributed by atoms with E-state index in [-0.39, 0.29) is 5.54 Å². The van der Waals surface area contributed by atoms with Crippen LogP contribution in [0.4, 0.5) is 0 Å². The van der Waals surface area contributed by atoms with Gasteiger partial charge >= 0.3 is 0 Å². The Hall–Kier alpha value is -0.830. The standard InChI is InChI=1S/C16H29N3/c1-6-14(7-2)19-15(12-8-9-12)13(11-18-19)10-17-16(3,4)5/h11-12,14,17H,6-10H2,1-5H3. The van der Waals surface area contributed by atoms with E-state index in [2.05, 4.69) is 50.8 Å². The summed E-state index contributed by atoms with van der Waals surface area (Å²) in [6.07, 6.45) is 7.11. The van der Waals surface area contributed by atoms with Crippen molar-refractivity contribution in [2.45, 2.75) is 84.3 Å². The molecule has 19 heavy (non-hydrogen) atoms. The highest BCUT2D eigenvalue weighted by atomic mass is 15.3. The largest absolute Gasteiger partial charge is 0.308 e. The fourth-order valence-electron chi connectivity index (χ4n) is 2.64. The monoisotopic (exact) mass is 263 g/mol. The number of rotatable bonds is 6. The van der Waals surface area contributed by atoms with Gasteiger partial charge in [0.1, 0.15) is 0 Å². The second kappa shape index (κ2) is 5.66. The fraction of sp³-hybridized carbons (Fsp3) is 0.812. The maximum absolute atomic E-state index is 4.70. The van der Waals surface area contributed by atoms with Gasteiger partial charge in [-0.15, -0.1) is 0 Å². The molecule has 0 saturated heterocycles. The van der Waals surface area contributed by atoms with Gasteiger partial charge < -0.3 is 5.32 Å². The molecule has 0 aromatic carbocycles. The maximum Gasteiger partial charge on any atom is 0.0537 e. The van der Waals surface area contributed by atoms with Crippen molar-refractivity contribution < 1.29 is 0 Å². The van der Waals surface area contributed by atoms with Crippen molar-refractivity contribution in [2.75, 3.05) is 0 Å². The van der Waals surface area contributed by atoms with Crippen LogP contribution in [0, 0.1) is 0 Å². The van der Waals surface area contributed by atoms with E-state index >= 15 is 0 Å². The Morgan fingerprint density at radius 2 is 1.95 bits per heavy atom. The summed E-state index contributed by atoms with van der Waals surface area (Å²) < 4.78 is 2.32. The molecule has 0 aliphatic heterocycles. The van der Waals surface area contributed by atoms with E-state index in [9.17, 15) is 0 Å². The molecule has 108 valence electrons. The zero-order valence-corrected chi connectivity index (χ0v) is 13.2. The van der Waals surface area contributed by atoms with Gasteiger partial charge in [0.25, 0.3) is 0 Å². The highest BCUT2D eigenvalue weighted by Crippen LogP contribution is 2.43. The van der Waals surface area contributed by atoms with Gasteiger partial charge in [-0.1, -0.05) is 13.8 Å². The van der Waals surface area contributed by atoms with E-state index in [1.165, 1.54) is 36.9 Å². The molecule has 1 N–H and O–H groups in total. The predicted molar refractivity (Wildman–Crippen MR) is 80.4 cm³/mol. The quantitative estimate of drug-likeness (QED) is 0.840. The number of hydrogen-bond donors (Lipinski definition) is 1. The van der Waals surface area contributed by atoms with Gasteiger partial charge in [-0.2, -0.15) is 5.10 Å². The topological polar surface area (TPSA) is 29.9 Å². The first kappa shape index (κ1) is 14.6. The van der Waals surface area contributed by atoms with E-state index in [0.717, 1.165) is 12.5 Å². The molecule has 1 saturated carbocycles. The highest BCUT2D eigenvalue weighted by Gasteiger charge is 2.31. The third-order valence-corrected chi connectivity index (χ3v) is 3.98. The number of aromatic nitrogens is 2. The van der Waals surface area contributed by atoms with Crippen LogP contribution in [0.1, 0.15) is 83.5 Å². The summed E-state index contributed by atoms with van der Waals surface area (Å²) in [5.74, 6) is 0.764. The van der Waals surface area contributed by atoms with Crippen molar-refractivity contribution in [3.63, 3.8) is 0 Å². The van der Waals surface area contributed by atoms with E-state index in [4.69, 9.17) is 5.10 Å². The lowest BCUT2D eigenvalue weighted by Gasteiger charge is -2.21. The SMILES string of the molecule is CCC(CC)n1ncc(CNC(C)(C)C)c1C1CC1. The summed E-state index contributed by atoms with van der Waals surface area (Å²) in [4.78, 5) is 0. The second-order valence-corrected chi connectivity index (χ2v) is 6.85. The zero-order valence-electron chi connectivity index (χ0n) is 13.2. The fourth-order valence-corrected chi connectivity index (χ4v) is 2.64. The van der Waals surface area contributed by atoms with Crippen molar-refractivity contribution in [1.82, 2.24) is 15.1 Å². The third-order valence-electron chi connectivity index (χ3n) is 3.98. The number of nitrogens with zero attached hydrogens (tertiary/aromatic N) is 2. The molecule has 0 atom stereocenters. The molecule has 3 nitrogen and oxygen atoms in total. The van der Waals surface area contributed by atoms with Crippen LogP contribution in [0.2, 0.25) is 0 Å². The normalized spacial score (nSPS) is 16.3. The Kier molecular flexibility index (Phi) is 4.34. The summed E-state index contributed by atoms with van der Waals surface area (Å²) in [6.45, 7) is 12.1. The average Bonchev–Trinajstić information content (AvgIpc) is 3.09. The van der Waals surface area contributed by atoms with Crippen LogP contribution in [0.5, 0.6) is 0 Å². The van der Waals surface area contributed by atoms with Gasteiger partial charge in [0, 0.05) is 29.3 Å². The second-order valence-electron chi connectivity index (χ2n) is 6.85. The number of nitrogens with one attached hydrogen (secondary N) is 1. The smallest absolute Gasteiger partial charge is 0.0537 e. The summed E-state index contributed by atoms with van der Waals surface area (Å²) in [7, 11) is 0. The van der Waals surface area contributed by atoms with Gasteiger partial charge in [-0.05, 0) is 46.5 Å². The third kappa shape index (κ3) is 3.59. The molecule has 1 aliphatic rings. The van der Waals surface area contributed by atoms with E-state index in [1.54, 1.807) is 0 Å². The molecular weight excluding hydrogens is 234 g/mol. The first-order valence-electron chi connectivity index (χ1n) is 7.77. The molecule has 2 rings (SSSR count). The minimum Gasteiger partial charge on any atom is -0.308 e. The van der Waals surface area contributed by atoms with E-state index < -0.39 is 0 Å². The summed E-state index contributed by atoms with van der Waals surface area (Å²) in [5, 5.41) is 8.29. The molecule has 0 bridgehead atoms. The molecule has 0 unspecified atom stereocenters. The lowest BCUT2D eigenvalue weighted by Crippen LogP contribution is -2.35. The van der Waals surface area contributed by atoms with Crippen LogP contribution < -0.4 is 5.32 Å². The van der Waals surface area contributed by atoms with Gasteiger partial charge in [-0.25, -0.2) is 0 Å². The van der Waals surface area contributed by atoms with Crippen molar-refractivity contribution >= 4 is 0 Å². The summed E-state index contributed by atoms with van der Waals surface area (Å²) >= 11 is 0. The van der Waals surface area contributed by atoms with E-state index in [1.807, 2.05) is 0 Å². The van der Waals surface area contributed by atoms with Crippen molar-refractivity contribution in [2.24, 2.45) is 0 Å². The zero-order chi connectivity index (χ0) is 14.0. The summed E-state index contributed by atoms with van der Waals surface area (Å²) in [5.41, 5.74) is 3.08.